The minimum atomic E-state index is -0.966. The predicted octanol–water partition coefficient (Wildman–Crippen LogP) is 1.32. The Bertz CT molecular complexity index is 401. The third-order valence-electron chi connectivity index (χ3n) is 2.85. The first-order chi connectivity index (χ1) is 7.06. The fraction of sp³-hybridized carbons (Fsp3) is 0.400. The zero-order valence-corrected chi connectivity index (χ0v) is 9.44. The second-order valence-electron chi connectivity index (χ2n) is 3.79. The van der Waals surface area contributed by atoms with Gasteiger partial charge in [0.25, 0.3) is 0 Å². The first kappa shape index (κ1) is 10.6. The lowest BCUT2D eigenvalue weighted by atomic mass is 9.63. The molecular formula is C10H10BrNO3. The Kier molecular flexibility index (Phi) is 2.52. The van der Waals surface area contributed by atoms with E-state index < -0.39 is 17.5 Å². The zero-order chi connectivity index (χ0) is 11.1. The number of nitrogens with zero attached hydrogens (tertiary/aromatic N) is 1. The van der Waals surface area contributed by atoms with E-state index in [1.54, 1.807) is 18.3 Å². The van der Waals surface area contributed by atoms with Crippen LogP contribution in [0.4, 0.5) is 0 Å². The molecule has 2 rings (SSSR count). The molecular weight excluding hydrogens is 262 g/mol. The van der Waals surface area contributed by atoms with Crippen LogP contribution in [0.3, 0.4) is 0 Å². The van der Waals surface area contributed by atoms with Crippen LogP contribution >= 0.6 is 15.9 Å². The molecule has 1 aliphatic rings. The molecule has 1 heterocycles. The number of aliphatic carboxylic acids is 1. The van der Waals surface area contributed by atoms with Gasteiger partial charge in [0.2, 0.25) is 0 Å². The van der Waals surface area contributed by atoms with Crippen molar-refractivity contribution in [2.45, 2.75) is 24.4 Å². The number of pyridine rings is 1. The molecule has 1 saturated carbocycles. The van der Waals surface area contributed by atoms with Crippen LogP contribution in [0.2, 0.25) is 0 Å². The molecule has 1 aromatic rings. The van der Waals surface area contributed by atoms with Gasteiger partial charge in [0.1, 0.15) is 10.0 Å². The summed E-state index contributed by atoms with van der Waals surface area (Å²) >= 11 is 3.24. The number of aromatic nitrogens is 1. The molecule has 0 unspecified atom stereocenters. The van der Waals surface area contributed by atoms with Crippen molar-refractivity contribution in [2.75, 3.05) is 0 Å². The standard InChI is InChI=1S/C10H10BrNO3/c11-8-7(2-1-3-12-8)10(9(14)15)4-6(13)5-10/h1-3,6,13H,4-5H2,(H,14,15). The first-order valence-electron chi connectivity index (χ1n) is 4.59. The molecule has 1 aliphatic carbocycles. The fourth-order valence-electron chi connectivity index (χ4n) is 2.00. The molecule has 0 saturated heterocycles. The van der Waals surface area contributed by atoms with Crippen LogP contribution in [0.15, 0.2) is 22.9 Å². The van der Waals surface area contributed by atoms with Crippen LogP contribution < -0.4 is 0 Å². The summed E-state index contributed by atoms with van der Waals surface area (Å²) in [6, 6.07) is 3.44. The van der Waals surface area contributed by atoms with Crippen molar-refractivity contribution in [1.29, 1.82) is 0 Å². The largest absolute Gasteiger partial charge is 0.481 e. The zero-order valence-electron chi connectivity index (χ0n) is 7.85. The Labute approximate surface area is 95.1 Å². The molecule has 0 bridgehead atoms. The van der Waals surface area contributed by atoms with E-state index in [2.05, 4.69) is 20.9 Å². The van der Waals surface area contributed by atoms with Crippen molar-refractivity contribution in [3.05, 3.63) is 28.5 Å². The topological polar surface area (TPSA) is 70.4 Å². The smallest absolute Gasteiger partial charge is 0.314 e. The maximum atomic E-state index is 11.2. The van der Waals surface area contributed by atoms with Crippen LogP contribution in [-0.4, -0.2) is 27.3 Å². The van der Waals surface area contributed by atoms with Gasteiger partial charge in [-0.05, 0) is 34.8 Å². The fourth-order valence-corrected chi connectivity index (χ4v) is 2.63. The van der Waals surface area contributed by atoms with E-state index in [9.17, 15) is 15.0 Å². The molecule has 0 amide bonds. The Morgan fingerprint density at radius 1 is 1.60 bits per heavy atom. The number of carboxylic acid groups (broad SMARTS) is 1. The number of hydrogen-bond donors (Lipinski definition) is 2. The van der Waals surface area contributed by atoms with Gasteiger partial charge in [-0.2, -0.15) is 0 Å². The summed E-state index contributed by atoms with van der Waals surface area (Å²) in [7, 11) is 0. The van der Waals surface area contributed by atoms with Gasteiger partial charge < -0.3 is 10.2 Å². The van der Waals surface area contributed by atoms with Gasteiger partial charge in [-0.15, -0.1) is 0 Å². The van der Waals surface area contributed by atoms with Crippen molar-refractivity contribution >= 4 is 21.9 Å². The predicted molar refractivity (Wildman–Crippen MR) is 56.5 cm³/mol. The van der Waals surface area contributed by atoms with Crippen molar-refractivity contribution < 1.29 is 15.0 Å². The maximum absolute atomic E-state index is 11.2. The second kappa shape index (κ2) is 3.57. The lowest BCUT2D eigenvalue weighted by Gasteiger charge is -2.42. The Balaban J connectivity index is 2.43. The molecule has 0 atom stereocenters. The SMILES string of the molecule is O=C(O)C1(c2cccnc2Br)CC(O)C1. The van der Waals surface area contributed by atoms with Gasteiger partial charge in [0.15, 0.2) is 0 Å². The van der Waals surface area contributed by atoms with E-state index >= 15 is 0 Å². The Morgan fingerprint density at radius 3 is 2.73 bits per heavy atom. The average molecular weight is 272 g/mol. The van der Waals surface area contributed by atoms with E-state index in [0.717, 1.165) is 0 Å². The molecule has 0 aromatic carbocycles. The van der Waals surface area contributed by atoms with Gasteiger partial charge in [-0.1, -0.05) is 6.07 Å². The van der Waals surface area contributed by atoms with Crippen molar-refractivity contribution in [1.82, 2.24) is 4.98 Å². The van der Waals surface area contributed by atoms with Crippen LogP contribution in [0.1, 0.15) is 18.4 Å². The van der Waals surface area contributed by atoms with E-state index in [1.165, 1.54) is 0 Å². The number of aliphatic hydroxyl groups excluding tert-OH is 1. The number of aliphatic hydroxyl groups is 1. The second-order valence-corrected chi connectivity index (χ2v) is 4.54. The summed E-state index contributed by atoms with van der Waals surface area (Å²) in [5.74, 6) is -0.901. The molecule has 2 N–H and O–H groups in total. The molecule has 0 radical (unpaired) electrons. The summed E-state index contributed by atoms with van der Waals surface area (Å²) in [6.07, 6.45) is 1.59. The molecule has 80 valence electrons. The summed E-state index contributed by atoms with van der Waals surface area (Å²) in [5.41, 5.74) is -0.324. The molecule has 0 spiro atoms. The summed E-state index contributed by atoms with van der Waals surface area (Å²) in [5, 5.41) is 18.5. The minimum Gasteiger partial charge on any atom is -0.481 e. The normalized spacial score (nSPS) is 29.6. The van der Waals surface area contributed by atoms with Crippen LogP contribution in [0.25, 0.3) is 0 Å². The molecule has 4 nitrogen and oxygen atoms in total. The molecule has 15 heavy (non-hydrogen) atoms. The van der Waals surface area contributed by atoms with Gasteiger partial charge >= 0.3 is 5.97 Å². The third-order valence-corrected chi connectivity index (χ3v) is 3.48. The number of hydrogen-bond acceptors (Lipinski definition) is 3. The number of halogens is 1. The highest BCUT2D eigenvalue weighted by Gasteiger charge is 2.52. The van der Waals surface area contributed by atoms with Gasteiger partial charge in [0.05, 0.1) is 6.10 Å². The monoisotopic (exact) mass is 271 g/mol. The Morgan fingerprint density at radius 2 is 2.27 bits per heavy atom. The number of carbonyl (C=O) groups is 1. The van der Waals surface area contributed by atoms with E-state index in [1.807, 2.05) is 0 Å². The first-order valence-corrected chi connectivity index (χ1v) is 5.38. The van der Waals surface area contributed by atoms with Crippen molar-refractivity contribution in [3.63, 3.8) is 0 Å². The molecule has 5 heteroatoms. The highest BCUT2D eigenvalue weighted by atomic mass is 79.9. The van der Waals surface area contributed by atoms with Crippen LogP contribution in [-0.2, 0) is 10.2 Å². The molecule has 0 aliphatic heterocycles. The van der Waals surface area contributed by atoms with Gasteiger partial charge in [0, 0.05) is 11.8 Å². The summed E-state index contributed by atoms with van der Waals surface area (Å²) in [4.78, 5) is 15.2. The highest BCUT2D eigenvalue weighted by Crippen LogP contribution is 2.46. The van der Waals surface area contributed by atoms with Gasteiger partial charge in [-0.25, -0.2) is 4.98 Å². The van der Waals surface area contributed by atoms with Crippen LogP contribution in [0.5, 0.6) is 0 Å². The highest BCUT2D eigenvalue weighted by molar-refractivity contribution is 9.10. The molecule has 1 fully saturated rings. The molecule has 1 aromatic heterocycles. The third kappa shape index (κ3) is 1.55. The lowest BCUT2D eigenvalue weighted by molar-refractivity contribution is -0.153. The number of carboxylic acids is 1. The minimum absolute atomic E-state index is 0.257. The average Bonchev–Trinajstić information content (AvgIpc) is 2.13. The Hall–Kier alpha value is -0.940. The van der Waals surface area contributed by atoms with E-state index in [4.69, 9.17) is 0 Å². The van der Waals surface area contributed by atoms with Crippen molar-refractivity contribution in [3.8, 4) is 0 Å². The number of rotatable bonds is 2. The van der Waals surface area contributed by atoms with E-state index in [-0.39, 0.29) is 12.8 Å². The lowest BCUT2D eigenvalue weighted by Crippen LogP contribution is -2.50. The van der Waals surface area contributed by atoms with Crippen molar-refractivity contribution in [2.24, 2.45) is 0 Å². The van der Waals surface area contributed by atoms with Crippen LogP contribution in [0, 0.1) is 0 Å². The van der Waals surface area contributed by atoms with E-state index in [0.29, 0.717) is 10.2 Å². The van der Waals surface area contributed by atoms with Gasteiger partial charge in [-0.3, -0.25) is 4.79 Å². The summed E-state index contributed by atoms with van der Waals surface area (Å²) < 4.78 is 0.541. The summed E-state index contributed by atoms with van der Waals surface area (Å²) in [6.45, 7) is 0. The maximum Gasteiger partial charge on any atom is 0.314 e. The quantitative estimate of drug-likeness (QED) is 0.796.